The fraction of sp³-hybridized carbons (Fsp3) is 0.417. The number of nitrogens with one attached hydrogen (secondary N) is 1. The molecule has 1 amide bonds. The third kappa shape index (κ3) is 3.60. The van der Waals surface area contributed by atoms with Crippen LogP contribution in [0.15, 0.2) is 36.5 Å². The zero-order chi connectivity index (χ0) is 21.4. The Bertz CT molecular complexity index is 1080. The molecule has 1 fully saturated rings. The lowest BCUT2D eigenvalue weighted by Gasteiger charge is -2.26. The van der Waals surface area contributed by atoms with Gasteiger partial charge in [-0.3, -0.25) is 9.20 Å². The molecule has 0 spiro atoms. The summed E-state index contributed by atoms with van der Waals surface area (Å²) in [5.74, 6) is 0.707. The largest absolute Gasteiger partial charge is 0.336 e. The highest BCUT2D eigenvalue weighted by molar-refractivity contribution is 6.01. The number of benzene rings is 1. The number of carbonyl (C=O) groups is 1. The predicted molar refractivity (Wildman–Crippen MR) is 117 cm³/mol. The summed E-state index contributed by atoms with van der Waals surface area (Å²) in [6, 6.07) is 8.88. The minimum atomic E-state index is -0.406. The number of hydrogen-bond acceptors (Lipinski definition) is 3. The molecule has 0 bridgehead atoms. The maximum absolute atomic E-state index is 14.3. The monoisotopic (exact) mass is 408 g/mol. The van der Waals surface area contributed by atoms with E-state index in [0.717, 1.165) is 42.1 Å². The van der Waals surface area contributed by atoms with Crippen molar-refractivity contribution in [3.05, 3.63) is 59.3 Å². The van der Waals surface area contributed by atoms with Crippen LogP contribution in [0.3, 0.4) is 0 Å². The van der Waals surface area contributed by atoms with Gasteiger partial charge in [-0.1, -0.05) is 0 Å². The van der Waals surface area contributed by atoms with Crippen LogP contribution in [0.2, 0.25) is 0 Å². The van der Waals surface area contributed by atoms with Gasteiger partial charge in [-0.2, -0.15) is 0 Å². The van der Waals surface area contributed by atoms with E-state index < -0.39 is 5.82 Å². The molecule has 1 atom stereocenters. The van der Waals surface area contributed by atoms with Crippen LogP contribution in [0.5, 0.6) is 0 Å². The molecule has 1 saturated heterocycles. The van der Waals surface area contributed by atoms with Crippen molar-refractivity contribution in [1.82, 2.24) is 19.6 Å². The summed E-state index contributed by atoms with van der Waals surface area (Å²) in [4.78, 5) is 19.7. The van der Waals surface area contributed by atoms with E-state index in [-0.39, 0.29) is 11.9 Å². The maximum atomic E-state index is 14.3. The molecule has 1 N–H and O–H groups in total. The minimum Gasteiger partial charge on any atom is -0.336 e. The van der Waals surface area contributed by atoms with Gasteiger partial charge in [-0.05, 0) is 82.5 Å². The number of aryl methyl sites for hydroxylation is 1. The van der Waals surface area contributed by atoms with Gasteiger partial charge in [-0.25, -0.2) is 9.37 Å². The molecule has 1 aliphatic heterocycles. The molecule has 0 saturated carbocycles. The standard InChI is InChI=1S/C24H29FN4O/c1-5-28(15(2)3)24(30)22-12-19(25)6-7-21(22)23-11-18(17-8-9-26-13-17)10-20-14-27-16(4)29(20)23/h6-7,10-12,14-15,17,26H,5,8-9,13H2,1-4H3. The van der Waals surface area contributed by atoms with Crippen LogP contribution < -0.4 is 5.32 Å². The van der Waals surface area contributed by atoms with Crippen LogP contribution in [0.25, 0.3) is 16.8 Å². The lowest BCUT2D eigenvalue weighted by atomic mass is 9.94. The number of halogens is 1. The Balaban J connectivity index is 1.94. The van der Waals surface area contributed by atoms with Crippen molar-refractivity contribution in [2.24, 2.45) is 0 Å². The predicted octanol–water partition coefficient (Wildman–Crippen LogP) is 4.40. The second kappa shape index (κ2) is 8.19. The lowest BCUT2D eigenvalue weighted by molar-refractivity contribution is 0.0717. The number of rotatable bonds is 5. The van der Waals surface area contributed by atoms with Gasteiger partial charge in [0.15, 0.2) is 0 Å². The van der Waals surface area contributed by atoms with Gasteiger partial charge in [0.1, 0.15) is 11.6 Å². The smallest absolute Gasteiger partial charge is 0.254 e. The van der Waals surface area contributed by atoms with Gasteiger partial charge in [0.2, 0.25) is 0 Å². The zero-order valence-electron chi connectivity index (χ0n) is 18.1. The number of hydrogen-bond donors (Lipinski definition) is 1. The molecule has 3 heterocycles. The van der Waals surface area contributed by atoms with Crippen LogP contribution in [-0.4, -0.2) is 45.9 Å². The van der Waals surface area contributed by atoms with E-state index in [1.165, 1.54) is 17.7 Å². The van der Waals surface area contributed by atoms with Crippen molar-refractivity contribution in [3.63, 3.8) is 0 Å². The van der Waals surface area contributed by atoms with E-state index in [0.29, 0.717) is 18.0 Å². The molecule has 0 aliphatic carbocycles. The first-order chi connectivity index (χ1) is 14.4. The third-order valence-corrected chi connectivity index (χ3v) is 6.07. The fourth-order valence-corrected chi connectivity index (χ4v) is 4.50. The Labute approximate surface area is 176 Å². The summed E-state index contributed by atoms with van der Waals surface area (Å²) < 4.78 is 16.3. The second-order valence-corrected chi connectivity index (χ2v) is 8.30. The average molecular weight is 409 g/mol. The van der Waals surface area contributed by atoms with Crippen molar-refractivity contribution in [1.29, 1.82) is 0 Å². The molecule has 1 unspecified atom stereocenters. The van der Waals surface area contributed by atoms with Crippen molar-refractivity contribution < 1.29 is 9.18 Å². The zero-order valence-corrected chi connectivity index (χ0v) is 18.1. The molecule has 0 radical (unpaired) electrons. The number of carbonyl (C=O) groups excluding carboxylic acids is 1. The Hall–Kier alpha value is -2.73. The third-order valence-electron chi connectivity index (χ3n) is 6.07. The summed E-state index contributed by atoms with van der Waals surface area (Å²) in [5, 5.41) is 3.42. The Morgan fingerprint density at radius 1 is 1.33 bits per heavy atom. The summed E-state index contributed by atoms with van der Waals surface area (Å²) >= 11 is 0. The van der Waals surface area contributed by atoms with Crippen molar-refractivity contribution in [2.75, 3.05) is 19.6 Å². The Kier molecular flexibility index (Phi) is 5.60. The van der Waals surface area contributed by atoms with Crippen LogP contribution in [-0.2, 0) is 0 Å². The number of imidazole rings is 1. The minimum absolute atomic E-state index is 0.0320. The van der Waals surface area contributed by atoms with E-state index >= 15 is 0 Å². The van der Waals surface area contributed by atoms with Gasteiger partial charge < -0.3 is 10.2 Å². The molecule has 5 nitrogen and oxygen atoms in total. The highest BCUT2D eigenvalue weighted by Crippen LogP contribution is 2.33. The number of pyridine rings is 1. The van der Waals surface area contributed by atoms with E-state index in [1.807, 2.05) is 33.9 Å². The normalized spacial score (nSPS) is 16.5. The van der Waals surface area contributed by atoms with Gasteiger partial charge in [0.25, 0.3) is 5.91 Å². The number of nitrogens with zero attached hydrogens (tertiary/aromatic N) is 3. The van der Waals surface area contributed by atoms with E-state index in [9.17, 15) is 9.18 Å². The maximum Gasteiger partial charge on any atom is 0.254 e. The molecular formula is C24H29FN4O. The molecule has 1 aliphatic rings. The molecule has 158 valence electrons. The number of fused-ring (bicyclic) bond motifs is 1. The summed E-state index contributed by atoms with van der Waals surface area (Å²) in [6.45, 7) is 10.4. The highest BCUT2D eigenvalue weighted by Gasteiger charge is 2.24. The first-order valence-electron chi connectivity index (χ1n) is 10.7. The van der Waals surface area contributed by atoms with Crippen LogP contribution >= 0.6 is 0 Å². The van der Waals surface area contributed by atoms with Crippen molar-refractivity contribution in [2.45, 2.75) is 46.1 Å². The summed E-state index contributed by atoms with van der Waals surface area (Å²) in [5.41, 5.74) is 4.22. The lowest BCUT2D eigenvalue weighted by Crippen LogP contribution is -2.37. The first-order valence-corrected chi connectivity index (χ1v) is 10.7. The van der Waals surface area contributed by atoms with Gasteiger partial charge >= 0.3 is 0 Å². The molecule has 4 rings (SSSR count). The fourth-order valence-electron chi connectivity index (χ4n) is 4.50. The van der Waals surface area contributed by atoms with Crippen LogP contribution in [0.4, 0.5) is 4.39 Å². The van der Waals surface area contributed by atoms with Gasteiger partial charge in [0, 0.05) is 24.7 Å². The average Bonchev–Trinajstić information content (AvgIpc) is 3.38. The van der Waals surface area contributed by atoms with Crippen molar-refractivity contribution >= 4 is 11.4 Å². The van der Waals surface area contributed by atoms with Crippen LogP contribution in [0, 0.1) is 12.7 Å². The van der Waals surface area contributed by atoms with Gasteiger partial charge in [0.05, 0.1) is 23.0 Å². The molecule has 6 heteroatoms. The van der Waals surface area contributed by atoms with Crippen molar-refractivity contribution in [3.8, 4) is 11.3 Å². The van der Waals surface area contributed by atoms with E-state index in [4.69, 9.17) is 0 Å². The Morgan fingerprint density at radius 3 is 2.80 bits per heavy atom. The van der Waals surface area contributed by atoms with Gasteiger partial charge in [-0.15, -0.1) is 0 Å². The summed E-state index contributed by atoms with van der Waals surface area (Å²) in [7, 11) is 0. The molecule has 30 heavy (non-hydrogen) atoms. The summed E-state index contributed by atoms with van der Waals surface area (Å²) in [6.07, 6.45) is 2.94. The first kappa shape index (κ1) is 20.5. The second-order valence-electron chi connectivity index (χ2n) is 8.30. The quantitative estimate of drug-likeness (QED) is 0.681. The SMILES string of the molecule is CCN(C(=O)c1cc(F)ccc1-c1cc(C2CCNC2)cc2cnc(C)n12)C(C)C. The van der Waals surface area contributed by atoms with E-state index in [2.05, 4.69) is 26.8 Å². The number of amides is 1. The van der Waals surface area contributed by atoms with Crippen LogP contribution in [0.1, 0.15) is 54.9 Å². The molecule has 1 aromatic carbocycles. The Morgan fingerprint density at radius 2 is 2.13 bits per heavy atom. The molecule has 3 aromatic rings. The highest BCUT2D eigenvalue weighted by atomic mass is 19.1. The number of aromatic nitrogens is 2. The van der Waals surface area contributed by atoms with E-state index in [1.54, 1.807) is 11.0 Å². The molecular weight excluding hydrogens is 379 g/mol. The molecule has 2 aromatic heterocycles. The topological polar surface area (TPSA) is 49.6 Å².